The maximum atomic E-state index is 5.95. The number of rotatable bonds is 1. The summed E-state index contributed by atoms with van der Waals surface area (Å²) in [7, 11) is 1.89. The van der Waals surface area contributed by atoms with E-state index in [9.17, 15) is 0 Å². The number of benzene rings is 1. The van der Waals surface area contributed by atoms with Crippen LogP contribution in [-0.4, -0.2) is 24.7 Å². The first-order valence-electron chi connectivity index (χ1n) is 4.95. The lowest BCUT2D eigenvalue weighted by Gasteiger charge is -1.98. The van der Waals surface area contributed by atoms with Gasteiger partial charge in [0.05, 0.1) is 11.0 Å². The third kappa shape index (κ3) is 1.53. The molecule has 3 aromatic rings. The number of nitrogens with one attached hydrogen (secondary N) is 1. The molecule has 0 saturated heterocycles. The molecule has 0 radical (unpaired) electrons. The van der Waals surface area contributed by atoms with Crippen LogP contribution in [0.1, 0.15) is 0 Å². The molecular weight excluding hydrogens is 240 g/mol. The van der Waals surface area contributed by atoms with Gasteiger partial charge in [0.2, 0.25) is 5.95 Å². The highest BCUT2D eigenvalue weighted by atomic mass is 35.5. The summed E-state index contributed by atoms with van der Waals surface area (Å²) in [6.07, 6.45) is 0. The smallest absolute Gasteiger partial charge is 0.239 e. The molecule has 0 aliphatic heterocycles. The molecule has 0 aliphatic carbocycles. The molecular formula is C10H9ClN6. The number of hydrogen-bond acceptors (Lipinski definition) is 4. The second-order valence-electron chi connectivity index (χ2n) is 3.67. The van der Waals surface area contributed by atoms with Crippen LogP contribution in [0.5, 0.6) is 0 Å². The lowest BCUT2D eigenvalue weighted by molar-refractivity contribution is 0.937. The standard InChI is InChI=1S/C10H9ClN6/c1-17-7-4-5(11)2-3-6(7)13-9(17)8-14-10(12)16-15-8/h2-4H,1H3,(H3,12,14,15,16). The van der Waals surface area contributed by atoms with Gasteiger partial charge in [0, 0.05) is 12.1 Å². The van der Waals surface area contributed by atoms with Crippen LogP contribution in [0, 0.1) is 0 Å². The molecule has 2 heterocycles. The van der Waals surface area contributed by atoms with Crippen molar-refractivity contribution in [1.29, 1.82) is 0 Å². The van der Waals surface area contributed by atoms with E-state index in [1.807, 2.05) is 23.7 Å². The van der Waals surface area contributed by atoms with E-state index in [1.165, 1.54) is 0 Å². The van der Waals surface area contributed by atoms with Crippen molar-refractivity contribution >= 4 is 28.6 Å². The summed E-state index contributed by atoms with van der Waals surface area (Å²) >= 11 is 5.95. The van der Waals surface area contributed by atoms with E-state index in [-0.39, 0.29) is 5.95 Å². The molecule has 1 aromatic carbocycles. The van der Waals surface area contributed by atoms with Gasteiger partial charge in [0.15, 0.2) is 11.6 Å². The van der Waals surface area contributed by atoms with Crippen molar-refractivity contribution in [2.75, 3.05) is 5.73 Å². The quantitative estimate of drug-likeness (QED) is 0.685. The molecule has 0 atom stereocenters. The minimum absolute atomic E-state index is 0.199. The average molecular weight is 249 g/mol. The summed E-state index contributed by atoms with van der Waals surface area (Å²) in [6.45, 7) is 0. The topological polar surface area (TPSA) is 85.4 Å². The number of H-pyrrole nitrogens is 1. The van der Waals surface area contributed by atoms with E-state index in [0.717, 1.165) is 11.0 Å². The second kappa shape index (κ2) is 3.46. The number of nitrogens with zero attached hydrogens (tertiary/aromatic N) is 4. The van der Waals surface area contributed by atoms with Crippen molar-refractivity contribution in [3.63, 3.8) is 0 Å². The summed E-state index contributed by atoms with van der Waals surface area (Å²) in [5, 5.41) is 7.19. The van der Waals surface area contributed by atoms with Crippen LogP contribution >= 0.6 is 11.6 Å². The molecule has 2 aromatic heterocycles. The first-order valence-corrected chi connectivity index (χ1v) is 5.33. The Labute approximate surface area is 101 Å². The van der Waals surface area contributed by atoms with Gasteiger partial charge in [-0.15, -0.1) is 5.10 Å². The van der Waals surface area contributed by atoms with Crippen molar-refractivity contribution in [1.82, 2.24) is 24.7 Å². The summed E-state index contributed by atoms with van der Waals surface area (Å²) in [6, 6.07) is 5.52. The largest absolute Gasteiger partial charge is 0.366 e. The minimum Gasteiger partial charge on any atom is -0.366 e. The third-order valence-corrected chi connectivity index (χ3v) is 2.79. The normalized spacial score (nSPS) is 11.2. The Balaban J connectivity index is 2.27. The molecule has 0 aliphatic rings. The Morgan fingerprint density at radius 1 is 1.35 bits per heavy atom. The monoisotopic (exact) mass is 248 g/mol. The number of aryl methyl sites for hydroxylation is 1. The van der Waals surface area contributed by atoms with Crippen LogP contribution in [0.25, 0.3) is 22.7 Å². The number of fused-ring (bicyclic) bond motifs is 1. The fourth-order valence-electron chi connectivity index (χ4n) is 1.75. The van der Waals surface area contributed by atoms with Crippen LogP contribution in [0.4, 0.5) is 5.95 Å². The zero-order chi connectivity index (χ0) is 12.0. The Bertz CT molecular complexity index is 698. The number of aromatic nitrogens is 5. The SMILES string of the molecule is Cn1c(-c2nc(N)n[nH]2)nc2ccc(Cl)cc21. The highest BCUT2D eigenvalue weighted by molar-refractivity contribution is 6.31. The molecule has 3 N–H and O–H groups in total. The van der Waals surface area contributed by atoms with Crippen LogP contribution in [0.15, 0.2) is 18.2 Å². The maximum Gasteiger partial charge on any atom is 0.239 e. The van der Waals surface area contributed by atoms with E-state index in [4.69, 9.17) is 17.3 Å². The van der Waals surface area contributed by atoms with Gasteiger partial charge in [-0.3, -0.25) is 5.10 Å². The van der Waals surface area contributed by atoms with Gasteiger partial charge in [0.1, 0.15) is 0 Å². The van der Waals surface area contributed by atoms with E-state index in [1.54, 1.807) is 6.07 Å². The van der Waals surface area contributed by atoms with Crippen molar-refractivity contribution < 1.29 is 0 Å². The second-order valence-corrected chi connectivity index (χ2v) is 4.11. The van der Waals surface area contributed by atoms with Gasteiger partial charge < -0.3 is 10.3 Å². The van der Waals surface area contributed by atoms with Gasteiger partial charge in [-0.1, -0.05) is 11.6 Å². The molecule has 86 valence electrons. The minimum atomic E-state index is 0.199. The number of anilines is 1. The third-order valence-electron chi connectivity index (χ3n) is 2.56. The molecule has 3 rings (SSSR count). The lowest BCUT2D eigenvalue weighted by atomic mass is 10.3. The van der Waals surface area contributed by atoms with Gasteiger partial charge >= 0.3 is 0 Å². The number of hydrogen-bond donors (Lipinski definition) is 2. The van der Waals surface area contributed by atoms with Crippen LogP contribution in [0.2, 0.25) is 5.02 Å². The van der Waals surface area contributed by atoms with E-state index in [2.05, 4.69) is 20.2 Å². The van der Waals surface area contributed by atoms with Gasteiger partial charge in [-0.25, -0.2) is 4.98 Å². The number of imidazole rings is 1. The predicted octanol–water partition coefficient (Wildman–Crippen LogP) is 1.59. The molecule has 0 amide bonds. The summed E-state index contributed by atoms with van der Waals surface area (Å²) in [5.41, 5.74) is 7.25. The number of halogens is 1. The van der Waals surface area contributed by atoms with Gasteiger partial charge in [-0.2, -0.15) is 4.98 Å². The first-order chi connectivity index (χ1) is 8.15. The lowest BCUT2D eigenvalue weighted by Crippen LogP contribution is -1.94. The summed E-state index contributed by atoms with van der Waals surface area (Å²) in [5.74, 6) is 1.41. The summed E-state index contributed by atoms with van der Waals surface area (Å²) in [4.78, 5) is 8.51. The van der Waals surface area contributed by atoms with Crippen molar-refractivity contribution in [3.05, 3.63) is 23.2 Å². The van der Waals surface area contributed by atoms with Crippen LogP contribution in [-0.2, 0) is 7.05 Å². The molecule has 0 spiro atoms. The zero-order valence-corrected chi connectivity index (χ0v) is 9.73. The number of nitrogens with two attached hydrogens (primary N) is 1. The highest BCUT2D eigenvalue weighted by Gasteiger charge is 2.13. The van der Waals surface area contributed by atoms with Crippen molar-refractivity contribution in [3.8, 4) is 11.6 Å². The molecule has 7 heteroatoms. The van der Waals surface area contributed by atoms with E-state index in [0.29, 0.717) is 16.7 Å². The number of nitrogen functional groups attached to an aromatic ring is 1. The molecule has 6 nitrogen and oxygen atoms in total. The predicted molar refractivity (Wildman–Crippen MR) is 65.5 cm³/mol. The zero-order valence-electron chi connectivity index (χ0n) is 8.98. The van der Waals surface area contributed by atoms with Crippen LogP contribution in [0.3, 0.4) is 0 Å². The molecule has 17 heavy (non-hydrogen) atoms. The Kier molecular flexibility index (Phi) is 2.05. The maximum absolute atomic E-state index is 5.95. The molecule has 0 unspecified atom stereocenters. The van der Waals surface area contributed by atoms with Crippen molar-refractivity contribution in [2.24, 2.45) is 7.05 Å². The molecule has 0 saturated carbocycles. The van der Waals surface area contributed by atoms with Crippen molar-refractivity contribution in [2.45, 2.75) is 0 Å². The fraction of sp³-hybridized carbons (Fsp3) is 0.100. The molecule has 0 bridgehead atoms. The van der Waals surface area contributed by atoms with Crippen LogP contribution < -0.4 is 5.73 Å². The molecule has 0 fully saturated rings. The Morgan fingerprint density at radius 3 is 2.88 bits per heavy atom. The van der Waals surface area contributed by atoms with Gasteiger partial charge in [-0.05, 0) is 18.2 Å². The Morgan fingerprint density at radius 2 is 2.18 bits per heavy atom. The highest BCUT2D eigenvalue weighted by Crippen LogP contribution is 2.23. The van der Waals surface area contributed by atoms with E-state index >= 15 is 0 Å². The fourth-order valence-corrected chi connectivity index (χ4v) is 1.92. The number of aromatic amines is 1. The van der Waals surface area contributed by atoms with E-state index < -0.39 is 0 Å². The van der Waals surface area contributed by atoms with Gasteiger partial charge in [0.25, 0.3) is 0 Å². The first kappa shape index (κ1) is 10.1. The average Bonchev–Trinajstić information content (AvgIpc) is 2.84. The Hall–Kier alpha value is -2.08. The summed E-state index contributed by atoms with van der Waals surface area (Å²) < 4.78 is 1.89.